The zero-order valence-corrected chi connectivity index (χ0v) is 17.3. The summed E-state index contributed by atoms with van der Waals surface area (Å²) in [5.41, 5.74) is 5.50. The van der Waals surface area contributed by atoms with E-state index < -0.39 is 0 Å². The van der Waals surface area contributed by atoms with Gasteiger partial charge in [-0.15, -0.1) is 0 Å². The predicted molar refractivity (Wildman–Crippen MR) is 117 cm³/mol. The highest BCUT2D eigenvalue weighted by Gasteiger charge is 2.32. The van der Waals surface area contributed by atoms with E-state index in [4.69, 9.17) is 0 Å². The molecule has 0 spiro atoms. The Morgan fingerprint density at radius 3 is 2.33 bits per heavy atom. The fourth-order valence-corrected chi connectivity index (χ4v) is 3.81. The largest absolute Gasteiger partial charge is 0.340 e. The summed E-state index contributed by atoms with van der Waals surface area (Å²) in [5, 5.41) is 0. The summed E-state index contributed by atoms with van der Waals surface area (Å²) in [6.45, 7) is 3.59. The fourth-order valence-electron chi connectivity index (χ4n) is 3.81. The van der Waals surface area contributed by atoms with E-state index in [-0.39, 0.29) is 18.4 Å². The average molecular weight is 399 g/mol. The van der Waals surface area contributed by atoms with Crippen molar-refractivity contribution in [3.63, 3.8) is 0 Å². The number of nitrogens with zero attached hydrogens (tertiary/aromatic N) is 3. The molecule has 2 aromatic carbocycles. The van der Waals surface area contributed by atoms with Gasteiger partial charge in [0.15, 0.2) is 0 Å². The first-order valence-electron chi connectivity index (χ1n) is 10.1. The predicted octanol–water partition coefficient (Wildman–Crippen LogP) is 3.76. The van der Waals surface area contributed by atoms with Crippen molar-refractivity contribution < 1.29 is 9.59 Å². The van der Waals surface area contributed by atoms with Gasteiger partial charge in [-0.2, -0.15) is 0 Å². The Kier molecular flexibility index (Phi) is 5.61. The number of benzene rings is 2. The number of carbonyl (C=O) groups excluding carboxylic acids is 2. The molecule has 0 aliphatic carbocycles. The third-order valence-electron chi connectivity index (χ3n) is 5.72. The van der Waals surface area contributed by atoms with E-state index in [9.17, 15) is 9.59 Å². The van der Waals surface area contributed by atoms with Gasteiger partial charge < -0.3 is 9.80 Å². The Morgan fingerprint density at radius 1 is 1.00 bits per heavy atom. The van der Waals surface area contributed by atoms with Gasteiger partial charge in [0.1, 0.15) is 0 Å². The number of aromatic nitrogens is 1. The molecule has 2 heterocycles. The number of pyridine rings is 1. The number of amides is 2. The van der Waals surface area contributed by atoms with E-state index >= 15 is 0 Å². The van der Waals surface area contributed by atoms with Crippen molar-refractivity contribution in [2.24, 2.45) is 0 Å². The van der Waals surface area contributed by atoms with Crippen LogP contribution in [0.4, 0.5) is 0 Å². The van der Waals surface area contributed by atoms with Crippen molar-refractivity contribution in [3.05, 3.63) is 89.7 Å². The number of likely N-dealkylation sites (tertiary alicyclic amines) is 1. The molecule has 2 amide bonds. The quantitative estimate of drug-likeness (QED) is 0.657. The van der Waals surface area contributed by atoms with Crippen LogP contribution in [-0.2, 0) is 4.79 Å². The van der Waals surface area contributed by atoms with Gasteiger partial charge in [-0.25, -0.2) is 0 Å². The van der Waals surface area contributed by atoms with Crippen LogP contribution in [0.5, 0.6) is 0 Å². The summed E-state index contributed by atoms with van der Waals surface area (Å²) in [4.78, 5) is 32.1. The van der Waals surface area contributed by atoms with Gasteiger partial charge in [-0.1, -0.05) is 48.5 Å². The minimum Gasteiger partial charge on any atom is -0.340 e. The number of aryl methyl sites for hydroxylation is 1. The van der Waals surface area contributed by atoms with Crippen LogP contribution in [0.2, 0.25) is 0 Å². The molecule has 0 saturated carbocycles. The molecule has 5 nitrogen and oxygen atoms in total. The van der Waals surface area contributed by atoms with E-state index in [0.717, 1.165) is 0 Å². The zero-order valence-electron chi connectivity index (χ0n) is 17.3. The smallest absolute Gasteiger partial charge is 0.254 e. The molecule has 1 aromatic heterocycles. The van der Waals surface area contributed by atoms with E-state index in [1.807, 2.05) is 4.90 Å². The van der Waals surface area contributed by atoms with Crippen molar-refractivity contribution >= 4 is 11.8 Å². The van der Waals surface area contributed by atoms with Gasteiger partial charge in [0.2, 0.25) is 5.91 Å². The zero-order chi connectivity index (χ0) is 21.1. The van der Waals surface area contributed by atoms with E-state index in [1.165, 1.54) is 27.2 Å². The van der Waals surface area contributed by atoms with Crippen molar-refractivity contribution in [1.29, 1.82) is 0 Å². The van der Waals surface area contributed by atoms with Crippen molar-refractivity contribution in [1.82, 2.24) is 14.8 Å². The van der Waals surface area contributed by atoms with Crippen LogP contribution in [0.3, 0.4) is 0 Å². The Morgan fingerprint density at radius 2 is 1.67 bits per heavy atom. The number of rotatable bonds is 5. The maximum atomic E-state index is 12.5. The first-order chi connectivity index (χ1) is 14.5. The second-order valence-electron chi connectivity index (χ2n) is 7.83. The van der Waals surface area contributed by atoms with Crippen LogP contribution >= 0.6 is 0 Å². The van der Waals surface area contributed by atoms with Gasteiger partial charge >= 0.3 is 0 Å². The van der Waals surface area contributed by atoms with Gasteiger partial charge in [-0.3, -0.25) is 14.6 Å². The molecule has 152 valence electrons. The van der Waals surface area contributed by atoms with Gasteiger partial charge in [0.05, 0.1) is 6.54 Å². The number of hydrogen-bond donors (Lipinski definition) is 0. The van der Waals surface area contributed by atoms with Crippen molar-refractivity contribution in [3.8, 4) is 11.1 Å². The van der Waals surface area contributed by atoms with Crippen LogP contribution in [0, 0.1) is 6.92 Å². The summed E-state index contributed by atoms with van der Waals surface area (Å²) in [6.07, 6.45) is 3.15. The second kappa shape index (κ2) is 8.49. The van der Waals surface area contributed by atoms with Crippen molar-refractivity contribution in [2.45, 2.75) is 12.8 Å². The van der Waals surface area contributed by atoms with Crippen LogP contribution in [0.1, 0.15) is 27.4 Å². The Bertz CT molecular complexity index is 1040. The molecule has 5 heteroatoms. The lowest BCUT2D eigenvalue weighted by atomic mass is 9.89. The molecular formula is C25H25N3O2. The number of hydrogen-bond acceptors (Lipinski definition) is 3. The molecule has 1 aliphatic heterocycles. The summed E-state index contributed by atoms with van der Waals surface area (Å²) in [6, 6.07) is 20.3. The first-order valence-corrected chi connectivity index (χ1v) is 10.1. The lowest BCUT2D eigenvalue weighted by Crippen LogP contribution is -2.52. The Balaban J connectivity index is 1.32. The highest BCUT2D eigenvalue weighted by atomic mass is 16.2. The van der Waals surface area contributed by atoms with E-state index in [2.05, 4.69) is 60.4 Å². The molecule has 3 aromatic rings. The number of likely N-dealkylation sites (N-methyl/N-ethyl adjacent to an activating group) is 1. The van der Waals surface area contributed by atoms with Gasteiger partial charge in [0, 0.05) is 44.0 Å². The summed E-state index contributed by atoms with van der Waals surface area (Å²) < 4.78 is 0. The Labute approximate surface area is 177 Å². The standard InChI is InChI=1S/C25H25N3O2/c1-18-5-3-4-6-23(18)20-9-7-19(8-10-20)22-15-28(16-22)24(29)17-27(2)25(30)21-11-13-26-14-12-21/h3-14,22H,15-17H2,1-2H3. The highest BCUT2D eigenvalue weighted by molar-refractivity contribution is 5.96. The highest BCUT2D eigenvalue weighted by Crippen LogP contribution is 2.30. The van der Waals surface area contributed by atoms with E-state index in [0.29, 0.717) is 24.6 Å². The lowest BCUT2D eigenvalue weighted by molar-refractivity contribution is -0.136. The maximum Gasteiger partial charge on any atom is 0.254 e. The molecule has 0 atom stereocenters. The normalized spacial score (nSPS) is 13.6. The van der Waals surface area contributed by atoms with Crippen LogP contribution in [0.25, 0.3) is 11.1 Å². The lowest BCUT2D eigenvalue weighted by Gasteiger charge is -2.40. The second-order valence-corrected chi connectivity index (χ2v) is 7.83. The van der Waals surface area contributed by atoms with E-state index in [1.54, 1.807) is 31.6 Å². The fraction of sp³-hybridized carbons (Fsp3) is 0.240. The monoisotopic (exact) mass is 399 g/mol. The summed E-state index contributed by atoms with van der Waals surface area (Å²) in [5.74, 6) is 0.156. The summed E-state index contributed by atoms with van der Waals surface area (Å²) >= 11 is 0. The molecule has 0 bridgehead atoms. The first kappa shape index (κ1) is 19.8. The van der Waals surface area contributed by atoms with Crippen LogP contribution < -0.4 is 0 Å². The molecule has 1 saturated heterocycles. The summed E-state index contributed by atoms with van der Waals surface area (Å²) in [7, 11) is 1.65. The maximum absolute atomic E-state index is 12.5. The average Bonchev–Trinajstić information content (AvgIpc) is 2.73. The van der Waals surface area contributed by atoms with Crippen LogP contribution in [-0.4, -0.2) is 53.3 Å². The molecule has 4 rings (SSSR count). The molecule has 0 N–H and O–H groups in total. The molecule has 0 unspecified atom stereocenters. The molecule has 0 radical (unpaired) electrons. The van der Waals surface area contributed by atoms with Crippen LogP contribution in [0.15, 0.2) is 73.1 Å². The molecule has 1 fully saturated rings. The molecule has 1 aliphatic rings. The Hall–Kier alpha value is -3.47. The minimum absolute atomic E-state index is 0.0207. The van der Waals surface area contributed by atoms with Crippen molar-refractivity contribution in [2.75, 3.05) is 26.7 Å². The molecule has 30 heavy (non-hydrogen) atoms. The van der Waals surface area contributed by atoms with Gasteiger partial charge in [0.25, 0.3) is 5.91 Å². The van der Waals surface area contributed by atoms with Gasteiger partial charge in [-0.05, 0) is 41.3 Å². The minimum atomic E-state index is -0.172. The molecular weight excluding hydrogens is 374 g/mol. The topological polar surface area (TPSA) is 53.5 Å². The number of carbonyl (C=O) groups is 2. The third kappa shape index (κ3) is 4.10. The third-order valence-corrected chi connectivity index (χ3v) is 5.72. The SMILES string of the molecule is Cc1ccccc1-c1ccc(C2CN(C(=O)CN(C)C(=O)c3ccncc3)C2)cc1.